The topological polar surface area (TPSA) is 8.81 Å². The number of imidazole rings is 1. The van der Waals surface area contributed by atoms with Crippen molar-refractivity contribution >= 4 is 0 Å². The van der Waals surface area contributed by atoms with Crippen LogP contribution in [0.2, 0.25) is 0 Å². The molecular formula is C33H41N2+. The van der Waals surface area contributed by atoms with E-state index < -0.39 is 0 Å². The number of rotatable bonds is 5. The number of benzene rings is 3. The maximum absolute atomic E-state index is 2.46. The monoisotopic (exact) mass is 465 g/mol. The molecule has 0 fully saturated rings. The number of para-hydroxylation sites is 1. The summed E-state index contributed by atoms with van der Waals surface area (Å²) in [6.45, 7) is 18.4. The van der Waals surface area contributed by atoms with Gasteiger partial charge in [-0.15, -0.1) is 0 Å². The number of hydrogen-bond donors (Lipinski definition) is 0. The minimum Gasteiger partial charge on any atom is -0.225 e. The molecule has 0 aliphatic heterocycles. The third-order valence-corrected chi connectivity index (χ3v) is 7.19. The van der Waals surface area contributed by atoms with Crippen LogP contribution >= 0.6 is 0 Å². The van der Waals surface area contributed by atoms with Gasteiger partial charge in [-0.05, 0) is 47.4 Å². The van der Waals surface area contributed by atoms with Crippen molar-refractivity contribution in [3.63, 3.8) is 0 Å². The molecule has 2 nitrogen and oxygen atoms in total. The second-order valence-corrected chi connectivity index (χ2v) is 11.5. The molecule has 0 aliphatic rings. The molecule has 0 N–H and O–H groups in total. The van der Waals surface area contributed by atoms with E-state index in [0.29, 0.717) is 11.8 Å². The summed E-state index contributed by atoms with van der Waals surface area (Å²) in [7, 11) is 2.21. The lowest BCUT2D eigenvalue weighted by Gasteiger charge is -2.22. The Labute approximate surface area is 212 Å². The average Bonchev–Trinajstić information content (AvgIpc) is 3.14. The Morgan fingerprint density at radius 3 is 1.86 bits per heavy atom. The molecule has 4 rings (SSSR count). The lowest BCUT2D eigenvalue weighted by atomic mass is 9.82. The summed E-state index contributed by atoms with van der Waals surface area (Å²) >= 11 is 0. The van der Waals surface area contributed by atoms with E-state index in [9.17, 15) is 0 Å². The molecule has 35 heavy (non-hydrogen) atoms. The second kappa shape index (κ2) is 9.49. The summed E-state index contributed by atoms with van der Waals surface area (Å²) in [4.78, 5) is 0. The minimum absolute atomic E-state index is 0.0958. The van der Waals surface area contributed by atoms with Crippen LogP contribution in [0.4, 0.5) is 0 Å². The van der Waals surface area contributed by atoms with Gasteiger partial charge in [0.2, 0.25) is 0 Å². The smallest absolute Gasteiger partial charge is 0.225 e. The Morgan fingerprint density at radius 2 is 1.31 bits per heavy atom. The van der Waals surface area contributed by atoms with Crippen LogP contribution < -0.4 is 4.57 Å². The predicted octanol–water partition coefficient (Wildman–Crippen LogP) is 8.49. The first-order chi connectivity index (χ1) is 16.5. The summed E-state index contributed by atoms with van der Waals surface area (Å²) in [6, 6.07) is 24.4. The molecule has 0 saturated heterocycles. The molecule has 2 heteroatoms. The van der Waals surface area contributed by atoms with E-state index in [1.54, 1.807) is 0 Å². The van der Waals surface area contributed by atoms with E-state index in [-0.39, 0.29) is 5.41 Å². The van der Waals surface area contributed by atoms with Crippen molar-refractivity contribution < 1.29 is 4.57 Å². The van der Waals surface area contributed by atoms with Gasteiger partial charge in [0.1, 0.15) is 11.9 Å². The summed E-state index contributed by atoms with van der Waals surface area (Å²) in [6.07, 6.45) is 2.37. The Morgan fingerprint density at radius 1 is 0.743 bits per heavy atom. The number of nitrogens with zero attached hydrogens (tertiary/aromatic N) is 2. The molecule has 0 aliphatic carbocycles. The zero-order valence-electron chi connectivity index (χ0n) is 23.0. The van der Waals surface area contributed by atoms with Gasteiger partial charge in [-0.2, -0.15) is 4.57 Å². The lowest BCUT2D eigenvalue weighted by Crippen LogP contribution is -2.35. The first kappa shape index (κ1) is 25.0. The van der Waals surface area contributed by atoms with E-state index in [2.05, 4.69) is 144 Å². The Kier molecular flexibility index (Phi) is 6.77. The van der Waals surface area contributed by atoms with Crippen LogP contribution in [-0.4, -0.2) is 4.57 Å². The highest BCUT2D eigenvalue weighted by atomic mass is 15.2. The van der Waals surface area contributed by atoms with Gasteiger partial charge in [-0.3, -0.25) is 0 Å². The third kappa shape index (κ3) is 4.59. The highest BCUT2D eigenvalue weighted by molar-refractivity contribution is 5.69. The summed E-state index contributed by atoms with van der Waals surface area (Å²) < 4.78 is 4.84. The molecular weight excluding hydrogens is 424 g/mol. The Hall–Kier alpha value is -3.13. The van der Waals surface area contributed by atoms with Crippen LogP contribution in [0.25, 0.3) is 28.3 Å². The fourth-order valence-corrected chi connectivity index (χ4v) is 5.40. The van der Waals surface area contributed by atoms with Gasteiger partial charge in [0.15, 0.2) is 5.69 Å². The van der Waals surface area contributed by atoms with Crippen LogP contribution in [-0.2, 0) is 12.5 Å². The van der Waals surface area contributed by atoms with Crippen molar-refractivity contribution in [2.75, 3.05) is 0 Å². The predicted molar refractivity (Wildman–Crippen MR) is 149 cm³/mol. The quantitative estimate of drug-likeness (QED) is 0.261. The zero-order valence-corrected chi connectivity index (χ0v) is 23.0. The van der Waals surface area contributed by atoms with Crippen LogP contribution in [0.3, 0.4) is 0 Å². The van der Waals surface area contributed by atoms with Gasteiger partial charge < -0.3 is 0 Å². The van der Waals surface area contributed by atoms with Gasteiger partial charge in [0.25, 0.3) is 5.82 Å². The summed E-state index contributed by atoms with van der Waals surface area (Å²) in [5.74, 6) is 2.06. The van der Waals surface area contributed by atoms with E-state index in [1.807, 2.05) is 0 Å². The lowest BCUT2D eigenvalue weighted by molar-refractivity contribution is -0.584. The minimum atomic E-state index is 0.0958. The van der Waals surface area contributed by atoms with Gasteiger partial charge in [0.05, 0.1) is 12.6 Å². The van der Waals surface area contributed by atoms with Gasteiger partial charge >= 0.3 is 0 Å². The van der Waals surface area contributed by atoms with Gasteiger partial charge in [-0.1, -0.05) is 103 Å². The second-order valence-electron chi connectivity index (χ2n) is 11.5. The molecule has 0 unspecified atom stereocenters. The molecule has 0 amide bonds. The fraction of sp³-hybridized carbons (Fsp3) is 0.364. The molecule has 182 valence electrons. The standard InChI is InChI=1S/C33H41N2/c1-22(2)26-17-13-18-27(23(3)4)31(26)35-21-30(34(9)32(35)25-15-11-10-12-16-25)28-19-14-20-29(24(28)5)33(6,7)8/h10-23H,1-9H3/q+1. The molecule has 0 bridgehead atoms. The van der Waals surface area contributed by atoms with Crippen molar-refractivity contribution in [2.24, 2.45) is 7.05 Å². The summed E-state index contributed by atoms with van der Waals surface area (Å²) in [5.41, 5.74) is 10.7. The maximum atomic E-state index is 2.46. The van der Waals surface area contributed by atoms with Crippen LogP contribution in [0, 0.1) is 6.92 Å². The van der Waals surface area contributed by atoms with Crippen molar-refractivity contribution in [2.45, 2.75) is 72.6 Å². The normalized spacial score (nSPS) is 12.1. The van der Waals surface area contributed by atoms with E-state index in [4.69, 9.17) is 0 Å². The SMILES string of the molecule is Cc1c(-c2c[n+](-c3c(C(C)C)cccc3C(C)C)c(-c3ccccc3)n2C)cccc1C(C)(C)C. The highest BCUT2D eigenvalue weighted by Gasteiger charge is 2.30. The van der Waals surface area contributed by atoms with E-state index in [0.717, 1.165) is 0 Å². The molecule has 0 saturated carbocycles. The molecule has 0 radical (unpaired) electrons. The Balaban J connectivity index is 2.11. The molecule has 3 aromatic carbocycles. The highest BCUT2D eigenvalue weighted by Crippen LogP contribution is 2.35. The van der Waals surface area contributed by atoms with Gasteiger partial charge in [-0.25, -0.2) is 4.57 Å². The molecule has 4 aromatic rings. The van der Waals surface area contributed by atoms with Crippen molar-refractivity contribution in [3.8, 4) is 28.3 Å². The van der Waals surface area contributed by atoms with Crippen LogP contribution in [0.1, 0.15) is 82.6 Å². The molecule has 0 spiro atoms. The fourth-order valence-electron chi connectivity index (χ4n) is 5.40. The first-order valence-electron chi connectivity index (χ1n) is 12.9. The van der Waals surface area contributed by atoms with Crippen LogP contribution in [0.5, 0.6) is 0 Å². The molecule has 0 atom stereocenters. The average molecular weight is 466 g/mol. The third-order valence-electron chi connectivity index (χ3n) is 7.19. The van der Waals surface area contributed by atoms with Crippen molar-refractivity contribution in [1.82, 2.24) is 4.57 Å². The zero-order chi connectivity index (χ0) is 25.5. The first-order valence-corrected chi connectivity index (χ1v) is 12.9. The maximum Gasteiger partial charge on any atom is 0.294 e. The molecule has 1 heterocycles. The Bertz CT molecular complexity index is 1310. The van der Waals surface area contributed by atoms with Gasteiger partial charge in [0, 0.05) is 16.7 Å². The van der Waals surface area contributed by atoms with E-state index >= 15 is 0 Å². The molecule has 1 aromatic heterocycles. The van der Waals surface area contributed by atoms with Crippen molar-refractivity contribution in [3.05, 3.63) is 95.2 Å². The van der Waals surface area contributed by atoms with E-state index in [1.165, 1.54) is 50.6 Å². The summed E-state index contributed by atoms with van der Waals surface area (Å²) in [5, 5.41) is 0. The number of aromatic nitrogens is 2. The number of hydrogen-bond acceptors (Lipinski definition) is 0. The van der Waals surface area contributed by atoms with Crippen molar-refractivity contribution in [1.29, 1.82) is 0 Å². The van der Waals surface area contributed by atoms with Crippen LogP contribution in [0.15, 0.2) is 72.9 Å². The largest absolute Gasteiger partial charge is 0.294 e.